The van der Waals surface area contributed by atoms with E-state index in [2.05, 4.69) is 39.5 Å². The zero-order valence-corrected chi connectivity index (χ0v) is 12.2. The van der Waals surface area contributed by atoms with E-state index in [0.717, 1.165) is 5.19 Å². The SMILES string of the molecule is C=CCO[Si](OC)(c1ccccc1)C(C)(C)C. The zero-order chi connectivity index (χ0) is 12.9. The average molecular weight is 250 g/mol. The molecule has 0 saturated heterocycles. The normalized spacial score (nSPS) is 15.3. The van der Waals surface area contributed by atoms with Crippen molar-refractivity contribution in [3.63, 3.8) is 0 Å². The minimum atomic E-state index is -2.44. The van der Waals surface area contributed by atoms with E-state index in [9.17, 15) is 0 Å². The fraction of sp³-hybridized carbons (Fsp3) is 0.429. The first kappa shape index (κ1) is 14.2. The monoisotopic (exact) mass is 250 g/mol. The highest BCUT2D eigenvalue weighted by Gasteiger charge is 2.50. The Hall–Kier alpha value is -0.903. The minimum absolute atomic E-state index is 0.0356. The summed E-state index contributed by atoms with van der Waals surface area (Å²) in [4.78, 5) is 0. The number of hydrogen-bond donors (Lipinski definition) is 0. The number of rotatable bonds is 5. The molecule has 1 atom stereocenters. The predicted molar refractivity (Wildman–Crippen MR) is 74.7 cm³/mol. The van der Waals surface area contributed by atoms with E-state index in [1.165, 1.54) is 0 Å². The van der Waals surface area contributed by atoms with Gasteiger partial charge in [0.1, 0.15) is 0 Å². The molecule has 3 heteroatoms. The molecule has 17 heavy (non-hydrogen) atoms. The standard InChI is InChI=1S/C14H22O2Si/c1-6-12-16-17(15-5,14(2,3)4)13-10-8-7-9-11-13/h6-11H,1,12H2,2-5H3. The fourth-order valence-electron chi connectivity index (χ4n) is 2.05. The molecule has 0 fully saturated rings. The highest BCUT2D eigenvalue weighted by Crippen LogP contribution is 2.37. The Balaban J connectivity index is 3.21. The van der Waals surface area contributed by atoms with Crippen LogP contribution in [0.3, 0.4) is 0 Å². The average Bonchev–Trinajstić information content (AvgIpc) is 2.30. The van der Waals surface area contributed by atoms with Gasteiger partial charge in [-0.2, -0.15) is 0 Å². The molecular weight excluding hydrogens is 228 g/mol. The van der Waals surface area contributed by atoms with E-state index in [1.54, 1.807) is 13.2 Å². The quantitative estimate of drug-likeness (QED) is 0.591. The first-order valence-electron chi connectivity index (χ1n) is 5.83. The molecule has 0 aliphatic heterocycles. The lowest BCUT2D eigenvalue weighted by Crippen LogP contribution is -2.59. The van der Waals surface area contributed by atoms with Crippen molar-refractivity contribution in [1.29, 1.82) is 0 Å². The third-order valence-electron chi connectivity index (χ3n) is 2.83. The van der Waals surface area contributed by atoms with Gasteiger partial charge in [-0.25, -0.2) is 0 Å². The minimum Gasteiger partial charge on any atom is -0.394 e. The number of benzene rings is 1. The number of hydrogen-bond acceptors (Lipinski definition) is 2. The van der Waals surface area contributed by atoms with Crippen LogP contribution >= 0.6 is 0 Å². The lowest BCUT2D eigenvalue weighted by Gasteiger charge is -2.39. The van der Waals surface area contributed by atoms with Gasteiger partial charge in [-0.15, -0.1) is 6.58 Å². The van der Waals surface area contributed by atoms with Gasteiger partial charge in [0, 0.05) is 12.1 Å². The molecule has 1 aromatic rings. The summed E-state index contributed by atoms with van der Waals surface area (Å²) in [5.41, 5.74) is 0. The van der Waals surface area contributed by atoms with Crippen molar-refractivity contribution in [2.45, 2.75) is 25.8 Å². The van der Waals surface area contributed by atoms with Crippen LogP contribution in [-0.4, -0.2) is 22.3 Å². The molecule has 1 unspecified atom stereocenters. The van der Waals surface area contributed by atoms with Gasteiger partial charge in [0.2, 0.25) is 0 Å². The lowest BCUT2D eigenvalue weighted by atomic mass is 10.2. The van der Waals surface area contributed by atoms with Gasteiger partial charge in [-0.05, 0) is 5.19 Å². The van der Waals surface area contributed by atoms with Crippen LogP contribution < -0.4 is 5.19 Å². The van der Waals surface area contributed by atoms with Crippen LogP contribution in [0.4, 0.5) is 0 Å². The van der Waals surface area contributed by atoms with Crippen LogP contribution in [0.25, 0.3) is 0 Å². The zero-order valence-electron chi connectivity index (χ0n) is 11.2. The van der Waals surface area contributed by atoms with Gasteiger partial charge in [-0.1, -0.05) is 57.2 Å². The molecule has 2 nitrogen and oxygen atoms in total. The van der Waals surface area contributed by atoms with Crippen LogP contribution in [0.15, 0.2) is 43.0 Å². The molecule has 0 saturated carbocycles. The molecule has 0 spiro atoms. The highest BCUT2D eigenvalue weighted by atomic mass is 28.4. The second kappa shape index (κ2) is 5.62. The largest absolute Gasteiger partial charge is 0.394 e. The van der Waals surface area contributed by atoms with E-state index < -0.39 is 8.56 Å². The summed E-state index contributed by atoms with van der Waals surface area (Å²) >= 11 is 0. The second-order valence-corrected chi connectivity index (χ2v) is 9.04. The van der Waals surface area contributed by atoms with Gasteiger partial charge in [-0.3, -0.25) is 0 Å². The Morgan fingerprint density at radius 3 is 2.24 bits per heavy atom. The Morgan fingerprint density at radius 2 is 1.82 bits per heavy atom. The van der Waals surface area contributed by atoms with Crippen LogP contribution in [0.2, 0.25) is 5.04 Å². The topological polar surface area (TPSA) is 18.5 Å². The molecule has 0 N–H and O–H groups in total. The van der Waals surface area contributed by atoms with Crippen molar-refractivity contribution in [3.05, 3.63) is 43.0 Å². The highest BCUT2D eigenvalue weighted by molar-refractivity contribution is 6.83. The Bertz CT molecular complexity index is 356. The Labute approximate surface area is 106 Å². The van der Waals surface area contributed by atoms with Crippen LogP contribution in [-0.2, 0) is 8.85 Å². The van der Waals surface area contributed by atoms with E-state index >= 15 is 0 Å². The van der Waals surface area contributed by atoms with E-state index in [4.69, 9.17) is 8.85 Å². The molecule has 0 aliphatic rings. The molecule has 0 amide bonds. The summed E-state index contributed by atoms with van der Waals surface area (Å²) in [5, 5.41) is 1.13. The maximum absolute atomic E-state index is 6.08. The van der Waals surface area contributed by atoms with Crippen LogP contribution in [0, 0.1) is 0 Å². The third-order valence-corrected chi connectivity index (χ3v) is 7.05. The van der Waals surface area contributed by atoms with Crippen molar-refractivity contribution in [2.24, 2.45) is 0 Å². The van der Waals surface area contributed by atoms with E-state index in [0.29, 0.717) is 6.61 Å². The molecule has 0 heterocycles. The lowest BCUT2D eigenvalue weighted by molar-refractivity contribution is 0.209. The summed E-state index contributed by atoms with van der Waals surface area (Å²) in [6.07, 6.45) is 1.77. The summed E-state index contributed by atoms with van der Waals surface area (Å²) in [7, 11) is -0.696. The maximum Gasteiger partial charge on any atom is 0.378 e. The van der Waals surface area contributed by atoms with Crippen LogP contribution in [0.1, 0.15) is 20.8 Å². The first-order chi connectivity index (χ1) is 7.98. The summed E-state index contributed by atoms with van der Waals surface area (Å²) < 4.78 is 11.9. The van der Waals surface area contributed by atoms with Crippen molar-refractivity contribution in [1.82, 2.24) is 0 Å². The van der Waals surface area contributed by atoms with Crippen LogP contribution in [0.5, 0.6) is 0 Å². The Kier molecular flexibility index (Phi) is 4.68. The summed E-state index contributed by atoms with van der Waals surface area (Å²) in [5.74, 6) is 0. The van der Waals surface area contributed by atoms with Gasteiger partial charge >= 0.3 is 8.56 Å². The van der Waals surface area contributed by atoms with Gasteiger partial charge in [0.25, 0.3) is 0 Å². The third kappa shape index (κ3) is 2.86. The molecule has 94 valence electrons. The molecule has 0 aliphatic carbocycles. The smallest absolute Gasteiger partial charge is 0.378 e. The van der Waals surface area contributed by atoms with Gasteiger partial charge in [0.05, 0.1) is 6.61 Å². The van der Waals surface area contributed by atoms with E-state index in [1.807, 2.05) is 18.2 Å². The van der Waals surface area contributed by atoms with Crippen molar-refractivity contribution in [2.75, 3.05) is 13.7 Å². The predicted octanol–water partition coefficient (Wildman–Crippen LogP) is 2.98. The van der Waals surface area contributed by atoms with Crippen molar-refractivity contribution in [3.8, 4) is 0 Å². The molecule has 0 bridgehead atoms. The van der Waals surface area contributed by atoms with Crippen molar-refractivity contribution >= 4 is 13.7 Å². The molecule has 1 rings (SSSR count). The summed E-state index contributed by atoms with van der Waals surface area (Å²) in [6, 6.07) is 10.2. The summed E-state index contributed by atoms with van der Waals surface area (Å²) in [6.45, 7) is 10.7. The van der Waals surface area contributed by atoms with Gasteiger partial charge < -0.3 is 8.85 Å². The van der Waals surface area contributed by atoms with Crippen molar-refractivity contribution < 1.29 is 8.85 Å². The molecule has 0 radical (unpaired) electrons. The molecular formula is C14H22O2Si. The molecule has 1 aromatic carbocycles. The first-order valence-corrected chi connectivity index (χ1v) is 7.65. The maximum atomic E-state index is 6.08. The van der Waals surface area contributed by atoms with Gasteiger partial charge in [0.15, 0.2) is 0 Å². The van der Waals surface area contributed by atoms with E-state index in [-0.39, 0.29) is 5.04 Å². The second-order valence-electron chi connectivity index (χ2n) is 5.04. The fourth-order valence-corrected chi connectivity index (χ4v) is 5.47. The molecule has 0 aromatic heterocycles. The Morgan fingerprint density at radius 1 is 1.24 bits per heavy atom.